The molecule has 0 aliphatic heterocycles. The summed E-state index contributed by atoms with van der Waals surface area (Å²) in [4.78, 5) is 3.34. The highest BCUT2D eigenvalue weighted by molar-refractivity contribution is 7.91. The van der Waals surface area contributed by atoms with Crippen molar-refractivity contribution in [2.45, 2.75) is 5.16 Å². The minimum Gasteiger partial charge on any atom is -0.380 e. The molecule has 0 unspecified atom stereocenters. The summed E-state index contributed by atoms with van der Waals surface area (Å²) in [5.74, 6) is -0.956. The summed E-state index contributed by atoms with van der Waals surface area (Å²) < 4.78 is 21.4. The van der Waals surface area contributed by atoms with Gasteiger partial charge in [-0.1, -0.05) is 0 Å². The lowest BCUT2D eigenvalue weighted by Gasteiger charge is -1.90. The van der Waals surface area contributed by atoms with Crippen molar-refractivity contribution in [1.29, 1.82) is 0 Å². The molecule has 7 heteroatoms. The zero-order valence-electron chi connectivity index (χ0n) is 4.85. The van der Waals surface area contributed by atoms with Gasteiger partial charge >= 0.3 is 0 Å². The highest BCUT2D eigenvalue weighted by Gasteiger charge is 2.14. The fourth-order valence-corrected chi connectivity index (χ4v) is 0.927. The van der Waals surface area contributed by atoms with Crippen molar-refractivity contribution in [1.82, 2.24) is 15.2 Å². The third-order valence-corrected chi connectivity index (χ3v) is 1.98. The van der Waals surface area contributed by atoms with E-state index in [4.69, 9.17) is 5.11 Å². The van der Waals surface area contributed by atoms with Crippen LogP contribution in [0, 0.1) is 0 Å². The van der Waals surface area contributed by atoms with Crippen LogP contribution in [0.4, 0.5) is 0 Å². The Hall–Kier alpha value is -0.950. The van der Waals surface area contributed by atoms with Gasteiger partial charge in [-0.05, 0) is 0 Å². The summed E-state index contributed by atoms with van der Waals surface area (Å²) in [6.07, 6.45) is 1.06. The highest BCUT2D eigenvalue weighted by atomic mass is 32.2. The molecule has 1 aromatic rings. The standard InChI is InChI=1S/C3H5N3O3S/c7-2-10(8,9)3-4-1-5-6-3/h1,7H,2H2,(H,4,5,6). The second-order valence-corrected chi connectivity index (χ2v) is 3.41. The molecule has 0 saturated heterocycles. The van der Waals surface area contributed by atoms with Crippen molar-refractivity contribution in [3.8, 4) is 0 Å². The topological polar surface area (TPSA) is 95.9 Å². The zero-order chi connectivity index (χ0) is 7.61. The highest BCUT2D eigenvalue weighted by Crippen LogP contribution is 1.98. The number of aliphatic hydroxyl groups excluding tert-OH is 1. The monoisotopic (exact) mass is 163 g/mol. The number of rotatable bonds is 2. The summed E-state index contributed by atoms with van der Waals surface area (Å²) in [7, 11) is -3.63. The molecule has 0 aliphatic carbocycles. The van der Waals surface area contributed by atoms with E-state index >= 15 is 0 Å². The Kier molecular flexibility index (Phi) is 1.68. The molecule has 1 heterocycles. The molecular formula is C3H5N3O3S. The smallest absolute Gasteiger partial charge is 0.245 e. The Labute approximate surface area is 56.8 Å². The van der Waals surface area contributed by atoms with E-state index in [0.29, 0.717) is 0 Å². The number of nitrogens with one attached hydrogen (secondary N) is 1. The number of nitrogens with zero attached hydrogens (tertiary/aromatic N) is 2. The lowest BCUT2D eigenvalue weighted by atomic mass is 11.3. The Balaban J connectivity index is 3.09. The van der Waals surface area contributed by atoms with E-state index in [0.717, 1.165) is 6.33 Å². The second kappa shape index (κ2) is 2.35. The van der Waals surface area contributed by atoms with Crippen molar-refractivity contribution in [3.63, 3.8) is 0 Å². The van der Waals surface area contributed by atoms with Crippen molar-refractivity contribution in [2.75, 3.05) is 5.94 Å². The zero-order valence-corrected chi connectivity index (χ0v) is 5.67. The molecule has 10 heavy (non-hydrogen) atoms. The Morgan fingerprint density at radius 3 is 2.80 bits per heavy atom. The number of hydrogen-bond donors (Lipinski definition) is 2. The van der Waals surface area contributed by atoms with Gasteiger partial charge in [-0.3, -0.25) is 5.10 Å². The number of sulfone groups is 1. The molecule has 1 rings (SSSR count). The van der Waals surface area contributed by atoms with Crippen LogP contribution in [0.1, 0.15) is 0 Å². The van der Waals surface area contributed by atoms with Crippen LogP contribution in [-0.4, -0.2) is 34.6 Å². The van der Waals surface area contributed by atoms with Crippen LogP contribution in [0.15, 0.2) is 11.5 Å². The minimum atomic E-state index is -3.63. The van der Waals surface area contributed by atoms with Gasteiger partial charge in [0.1, 0.15) is 6.33 Å². The lowest BCUT2D eigenvalue weighted by molar-refractivity contribution is 0.357. The summed E-state index contributed by atoms with van der Waals surface area (Å²) in [5.41, 5.74) is 0. The molecule has 0 radical (unpaired) electrons. The molecule has 0 atom stereocenters. The number of hydrogen-bond acceptors (Lipinski definition) is 5. The molecule has 0 fully saturated rings. The van der Waals surface area contributed by atoms with Gasteiger partial charge in [-0.25, -0.2) is 13.4 Å². The Morgan fingerprint density at radius 1 is 1.70 bits per heavy atom. The van der Waals surface area contributed by atoms with Gasteiger partial charge in [0.25, 0.3) is 0 Å². The Bertz CT molecular complexity index is 289. The normalized spacial score (nSPS) is 11.7. The predicted molar refractivity (Wildman–Crippen MR) is 30.7 cm³/mol. The molecule has 0 spiro atoms. The maximum atomic E-state index is 10.7. The first kappa shape index (κ1) is 7.16. The molecule has 6 nitrogen and oxygen atoms in total. The summed E-state index contributed by atoms with van der Waals surface area (Å²) in [5, 5.41) is 13.4. The van der Waals surface area contributed by atoms with Gasteiger partial charge in [0, 0.05) is 0 Å². The first-order valence-corrected chi connectivity index (χ1v) is 4.01. The third kappa shape index (κ3) is 1.14. The SMILES string of the molecule is O=S(=O)(CO)c1ncn[nH]1. The quantitative estimate of drug-likeness (QED) is 0.554. The van der Waals surface area contributed by atoms with Gasteiger partial charge in [-0.2, -0.15) is 5.10 Å². The third-order valence-electron chi connectivity index (χ3n) is 0.857. The van der Waals surface area contributed by atoms with E-state index in [-0.39, 0.29) is 5.16 Å². The van der Waals surface area contributed by atoms with Crippen LogP contribution < -0.4 is 0 Å². The molecule has 2 N–H and O–H groups in total. The summed E-state index contributed by atoms with van der Waals surface area (Å²) in [6.45, 7) is 0. The predicted octanol–water partition coefficient (Wildman–Crippen LogP) is -1.47. The molecule has 0 amide bonds. The van der Waals surface area contributed by atoms with Crippen LogP contribution >= 0.6 is 0 Å². The lowest BCUT2D eigenvalue weighted by Crippen LogP contribution is -2.07. The van der Waals surface area contributed by atoms with Crippen LogP contribution in [0.2, 0.25) is 0 Å². The minimum absolute atomic E-state index is 0.310. The largest absolute Gasteiger partial charge is 0.380 e. The maximum absolute atomic E-state index is 10.7. The number of aromatic nitrogens is 3. The van der Waals surface area contributed by atoms with E-state index in [1.807, 2.05) is 0 Å². The van der Waals surface area contributed by atoms with Gasteiger partial charge in [-0.15, -0.1) is 0 Å². The van der Waals surface area contributed by atoms with Crippen LogP contribution in [-0.2, 0) is 9.84 Å². The molecule has 56 valence electrons. The van der Waals surface area contributed by atoms with Gasteiger partial charge in [0.2, 0.25) is 15.0 Å². The molecule has 0 aliphatic rings. The fraction of sp³-hybridized carbons (Fsp3) is 0.333. The van der Waals surface area contributed by atoms with Gasteiger partial charge in [0.05, 0.1) is 0 Å². The van der Waals surface area contributed by atoms with Gasteiger partial charge in [0.15, 0.2) is 5.94 Å². The van der Waals surface area contributed by atoms with Crippen molar-refractivity contribution < 1.29 is 13.5 Å². The average molecular weight is 163 g/mol. The molecule has 0 saturated carbocycles. The van der Waals surface area contributed by atoms with Crippen molar-refractivity contribution in [2.24, 2.45) is 0 Å². The fourth-order valence-electron chi connectivity index (χ4n) is 0.405. The summed E-state index contributed by atoms with van der Waals surface area (Å²) in [6, 6.07) is 0. The van der Waals surface area contributed by atoms with Crippen LogP contribution in [0.3, 0.4) is 0 Å². The van der Waals surface area contributed by atoms with Crippen molar-refractivity contribution in [3.05, 3.63) is 6.33 Å². The average Bonchev–Trinajstić information content (AvgIpc) is 2.38. The number of aromatic amines is 1. The Morgan fingerprint density at radius 2 is 2.40 bits per heavy atom. The first-order chi connectivity index (χ1) is 4.67. The van der Waals surface area contributed by atoms with Crippen molar-refractivity contribution >= 4 is 9.84 Å². The molecular weight excluding hydrogens is 158 g/mol. The molecule has 1 aromatic heterocycles. The molecule has 0 aromatic carbocycles. The van der Waals surface area contributed by atoms with Gasteiger partial charge < -0.3 is 5.11 Å². The number of aliphatic hydroxyl groups is 1. The summed E-state index contributed by atoms with van der Waals surface area (Å²) >= 11 is 0. The second-order valence-electron chi connectivity index (χ2n) is 1.53. The number of H-pyrrole nitrogens is 1. The van der Waals surface area contributed by atoms with E-state index in [2.05, 4.69) is 15.2 Å². The maximum Gasteiger partial charge on any atom is 0.245 e. The molecule has 0 bridgehead atoms. The van der Waals surface area contributed by atoms with E-state index < -0.39 is 15.8 Å². The van der Waals surface area contributed by atoms with E-state index in [9.17, 15) is 8.42 Å². The van der Waals surface area contributed by atoms with Crippen LogP contribution in [0.25, 0.3) is 0 Å². The van der Waals surface area contributed by atoms with Crippen LogP contribution in [0.5, 0.6) is 0 Å². The first-order valence-electron chi connectivity index (χ1n) is 2.36. The van der Waals surface area contributed by atoms with E-state index in [1.165, 1.54) is 0 Å². The van der Waals surface area contributed by atoms with E-state index in [1.54, 1.807) is 0 Å².